The third kappa shape index (κ3) is 3.68. The minimum Gasteiger partial charge on any atom is -0.497 e. The van der Waals surface area contributed by atoms with Gasteiger partial charge in [0.25, 0.3) is 5.91 Å². The number of amides is 1. The van der Waals surface area contributed by atoms with Crippen LogP contribution in [0.15, 0.2) is 48.5 Å². The average Bonchev–Trinajstić information content (AvgIpc) is 3.37. The molecule has 2 aromatic carbocycles. The number of nitrogens with one attached hydrogen (secondary N) is 3. The first-order chi connectivity index (χ1) is 14.1. The molecule has 0 bridgehead atoms. The summed E-state index contributed by atoms with van der Waals surface area (Å²) in [7, 11) is 1.67. The Morgan fingerprint density at radius 1 is 1.24 bits per heavy atom. The van der Waals surface area contributed by atoms with E-state index in [1.54, 1.807) is 31.4 Å². The molecular weight excluding hydrogens is 366 g/mol. The Balaban J connectivity index is 1.49. The number of fused-ring (bicyclic) bond motifs is 1. The number of methoxy groups -OCH3 is 1. The van der Waals surface area contributed by atoms with Crippen molar-refractivity contribution in [2.24, 2.45) is 0 Å². The van der Waals surface area contributed by atoms with Crippen LogP contribution in [0.1, 0.15) is 41.0 Å². The van der Waals surface area contributed by atoms with E-state index in [9.17, 15) is 4.79 Å². The highest BCUT2D eigenvalue weighted by molar-refractivity contribution is 5.94. The number of benzene rings is 2. The molecule has 0 saturated carbocycles. The van der Waals surface area contributed by atoms with Crippen LogP contribution < -0.4 is 20.9 Å². The van der Waals surface area contributed by atoms with E-state index in [0.717, 1.165) is 29.6 Å². The summed E-state index contributed by atoms with van der Waals surface area (Å²) in [5, 5.41) is 13.0. The van der Waals surface area contributed by atoms with Crippen LogP contribution >= 0.6 is 0 Å². The van der Waals surface area contributed by atoms with E-state index in [1.807, 2.05) is 12.1 Å². The quantitative estimate of drug-likeness (QED) is 0.624. The maximum absolute atomic E-state index is 12.5. The molecule has 1 aliphatic heterocycles. The molecular formula is C22H23N5O2. The van der Waals surface area contributed by atoms with Crippen molar-refractivity contribution in [3.8, 4) is 11.8 Å². The molecule has 4 rings (SSSR count). The van der Waals surface area contributed by atoms with E-state index in [-0.39, 0.29) is 18.1 Å². The van der Waals surface area contributed by atoms with E-state index in [0.29, 0.717) is 11.1 Å². The second kappa shape index (κ2) is 7.95. The van der Waals surface area contributed by atoms with E-state index < -0.39 is 0 Å². The Bertz CT molecular complexity index is 1080. The Kier molecular flexibility index (Phi) is 5.21. The van der Waals surface area contributed by atoms with Crippen LogP contribution in [0.4, 0.5) is 0 Å². The summed E-state index contributed by atoms with van der Waals surface area (Å²) in [6, 6.07) is 17.0. The molecule has 7 heteroatoms. The molecule has 1 aliphatic rings. The second-order valence-electron chi connectivity index (χ2n) is 7.03. The van der Waals surface area contributed by atoms with Gasteiger partial charge >= 0.3 is 0 Å². The molecule has 0 radical (unpaired) electrons. The summed E-state index contributed by atoms with van der Waals surface area (Å²) in [6.45, 7) is 2.98. The molecule has 2 atom stereocenters. The van der Waals surface area contributed by atoms with Gasteiger partial charge in [-0.1, -0.05) is 0 Å². The van der Waals surface area contributed by atoms with Gasteiger partial charge in [-0.05, 0) is 55.5 Å². The van der Waals surface area contributed by atoms with Crippen molar-refractivity contribution in [1.82, 2.24) is 20.7 Å². The molecule has 3 aromatic rings. The lowest BCUT2D eigenvalue weighted by molar-refractivity contribution is 0.0932. The number of aryl methyl sites for hydroxylation is 1. The van der Waals surface area contributed by atoms with Crippen molar-refractivity contribution in [2.75, 3.05) is 7.11 Å². The van der Waals surface area contributed by atoms with Crippen molar-refractivity contribution < 1.29 is 9.53 Å². The molecule has 7 nitrogen and oxygen atoms in total. The van der Waals surface area contributed by atoms with Gasteiger partial charge in [0.15, 0.2) is 0 Å². The number of nitriles is 1. The molecule has 1 saturated heterocycles. The van der Waals surface area contributed by atoms with Crippen LogP contribution in [0.25, 0.3) is 10.9 Å². The van der Waals surface area contributed by atoms with Crippen LogP contribution in [-0.4, -0.2) is 23.7 Å². The number of carbonyl (C=O) groups is 1. The van der Waals surface area contributed by atoms with Gasteiger partial charge in [-0.3, -0.25) is 4.79 Å². The summed E-state index contributed by atoms with van der Waals surface area (Å²) in [4.78, 5) is 12.5. The molecule has 1 fully saturated rings. The summed E-state index contributed by atoms with van der Waals surface area (Å²) >= 11 is 0. The van der Waals surface area contributed by atoms with Crippen molar-refractivity contribution in [2.45, 2.75) is 32.1 Å². The predicted molar refractivity (Wildman–Crippen MR) is 110 cm³/mol. The summed E-state index contributed by atoms with van der Waals surface area (Å²) in [5.74, 6) is 0.664. The van der Waals surface area contributed by atoms with Crippen LogP contribution in [0.2, 0.25) is 0 Å². The largest absolute Gasteiger partial charge is 0.497 e. The lowest BCUT2D eigenvalue weighted by Crippen LogP contribution is -2.44. The smallest absolute Gasteiger partial charge is 0.252 e. The number of hydrogen-bond donors (Lipinski definition) is 3. The number of hydrogen-bond acceptors (Lipinski definition) is 5. The highest BCUT2D eigenvalue weighted by atomic mass is 16.5. The Morgan fingerprint density at radius 3 is 2.72 bits per heavy atom. The van der Waals surface area contributed by atoms with Crippen LogP contribution in [0.3, 0.4) is 0 Å². The molecule has 1 amide bonds. The third-order valence-corrected chi connectivity index (χ3v) is 5.30. The molecule has 148 valence electrons. The summed E-state index contributed by atoms with van der Waals surface area (Å²) < 4.78 is 7.62. The van der Waals surface area contributed by atoms with Crippen molar-refractivity contribution in [3.05, 3.63) is 65.4 Å². The molecule has 3 N–H and O–H groups in total. The van der Waals surface area contributed by atoms with E-state index >= 15 is 0 Å². The van der Waals surface area contributed by atoms with Gasteiger partial charge < -0.3 is 14.6 Å². The fraction of sp³-hybridized carbons (Fsp3) is 0.273. The monoisotopic (exact) mass is 389 g/mol. The zero-order valence-electron chi connectivity index (χ0n) is 16.4. The number of carbonyl (C=O) groups excluding carboxylic acids is 1. The molecule has 1 aromatic heterocycles. The standard InChI is InChI=1S/C22H23N5O2/c1-3-27-19-9-8-17(29-2)10-16(19)11-20(27)18-12-21(26-25-18)24-22(28)15-6-4-14(13-23)5-7-15/h4-11,18,21,25-26H,3,12H2,1-2H3,(H,24,28). The topological polar surface area (TPSA) is 91.1 Å². The molecule has 0 spiro atoms. The van der Waals surface area contributed by atoms with Gasteiger partial charge in [-0.25, -0.2) is 10.9 Å². The SMILES string of the molecule is CCn1c(C2CC(NC(=O)c3ccc(C#N)cc3)NN2)cc2cc(OC)ccc21. The predicted octanol–water partition coefficient (Wildman–Crippen LogP) is 2.84. The maximum atomic E-state index is 12.5. The third-order valence-electron chi connectivity index (χ3n) is 5.30. The number of ether oxygens (including phenoxy) is 1. The summed E-state index contributed by atoms with van der Waals surface area (Å²) in [6.07, 6.45) is 0.524. The second-order valence-corrected chi connectivity index (χ2v) is 7.03. The molecule has 29 heavy (non-hydrogen) atoms. The lowest BCUT2D eigenvalue weighted by atomic mass is 10.1. The Hall–Kier alpha value is -3.34. The number of aromatic nitrogens is 1. The first kappa shape index (κ1) is 19.0. The van der Waals surface area contributed by atoms with Crippen LogP contribution in [0.5, 0.6) is 5.75 Å². The fourth-order valence-corrected chi connectivity index (χ4v) is 3.82. The molecule has 2 heterocycles. The van der Waals surface area contributed by atoms with Crippen LogP contribution in [0, 0.1) is 11.3 Å². The van der Waals surface area contributed by atoms with E-state index in [2.05, 4.69) is 45.9 Å². The summed E-state index contributed by atoms with van der Waals surface area (Å²) in [5.41, 5.74) is 9.87. The van der Waals surface area contributed by atoms with Crippen molar-refractivity contribution in [3.63, 3.8) is 0 Å². The van der Waals surface area contributed by atoms with Gasteiger partial charge in [0.1, 0.15) is 5.75 Å². The molecule has 0 aliphatic carbocycles. The minimum absolute atomic E-state index is 0.0691. The van der Waals surface area contributed by atoms with Crippen molar-refractivity contribution >= 4 is 16.8 Å². The van der Waals surface area contributed by atoms with Gasteiger partial charge in [0.05, 0.1) is 31.0 Å². The fourth-order valence-electron chi connectivity index (χ4n) is 3.82. The minimum atomic E-state index is -0.194. The lowest BCUT2D eigenvalue weighted by Gasteiger charge is -2.14. The van der Waals surface area contributed by atoms with Crippen LogP contribution in [-0.2, 0) is 6.54 Å². The number of hydrazine groups is 1. The zero-order chi connectivity index (χ0) is 20.4. The van der Waals surface area contributed by atoms with E-state index in [4.69, 9.17) is 10.00 Å². The van der Waals surface area contributed by atoms with Gasteiger partial charge in [0.2, 0.25) is 0 Å². The zero-order valence-corrected chi connectivity index (χ0v) is 16.4. The van der Waals surface area contributed by atoms with Gasteiger partial charge in [0, 0.05) is 35.1 Å². The Labute approximate surface area is 169 Å². The molecule has 2 unspecified atom stereocenters. The highest BCUT2D eigenvalue weighted by Crippen LogP contribution is 2.30. The van der Waals surface area contributed by atoms with Gasteiger partial charge in [-0.15, -0.1) is 0 Å². The number of rotatable bonds is 5. The normalized spacial score (nSPS) is 18.5. The highest BCUT2D eigenvalue weighted by Gasteiger charge is 2.29. The first-order valence-corrected chi connectivity index (χ1v) is 9.62. The Morgan fingerprint density at radius 2 is 2.03 bits per heavy atom. The number of nitrogens with zero attached hydrogens (tertiary/aromatic N) is 2. The van der Waals surface area contributed by atoms with E-state index in [1.165, 1.54) is 5.69 Å². The first-order valence-electron chi connectivity index (χ1n) is 9.62. The van der Waals surface area contributed by atoms with Gasteiger partial charge in [-0.2, -0.15) is 5.26 Å². The maximum Gasteiger partial charge on any atom is 0.252 e. The van der Waals surface area contributed by atoms with Crippen molar-refractivity contribution in [1.29, 1.82) is 5.26 Å². The average molecular weight is 389 g/mol.